The topological polar surface area (TPSA) is 61.7 Å². The molecule has 35 heavy (non-hydrogen) atoms. The van der Waals surface area contributed by atoms with Gasteiger partial charge in [0.25, 0.3) is 0 Å². The van der Waals surface area contributed by atoms with Gasteiger partial charge in [0.05, 0.1) is 27.1 Å². The SMILES string of the molecule is CCCCC(CC)Cn1c2ccccc2c2c(Oc3c(Cl)c(Cl)c(C#N)c(C#N)c3Cl)cccc21. The minimum Gasteiger partial charge on any atom is -0.453 e. The highest BCUT2D eigenvalue weighted by Gasteiger charge is 2.24. The minimum absolute atomic E-state index is 0.00132. The number of aromatic nitrogens is 1. The van der Waals surface area contributed by atoms with Crippen LogP contribution in [0, 0.1) is 28.6 Å². The first kappa shape index (κ1) is 25.2. The second-order valence-electron chi connectivity index (χ2n) is 8.54. The molecule has 1 atom stereocenters. The maximum Gasteiger partial charge on any atom is 0.167 e. The van der Waals surface area contributed by atoms with Gasteiger partial charge in [0.2, 0.25) is 0 Å². The van der Waals surface area contributed by atoms with Crippen molar-refractivity contribution in [1.29, 1.82) is 10.5 Å². The molecule has 0 amide bonds. The van der Waals surface area contributed by atoms with Crippen molar-refractivity contribution >= 4 is 56.6 Å². The molecule has 0 radical (unpaired) electrons. The van der Waals surface area contributed by atoms with Crippen LogP contribution in [0.4, 0.5) is 0 Å². The van der Waals surface area contributed by atoms with Gasteiger partial charge >= 0.3 is 0 Å². The Labute approximate surface area is 220 Å². The van der Waals surface area contributed by atoms with Crippen LogP contribution in [0.5, 0.6) is 11.5 Å². The van der Waals surface area contributed by atoms with Gasteiger partial charge in [-0.3, -0.25) is 0 Å². The zero-order chi connectivity index (χ0) is 25.1. The van der Waals surface area contributed by atoms with Crippen LogP contribution < -0.4 is 4.74 Å². The minimum atomic E-state index is -0.0657. The molecule has 7 heteroatoms. The first-order valence-electron chi connectivity index (χ1n) is 11.6. The van der Waals surface area contributed by atoms with Crippen LogP contribution in [0.1, 0.15) is 50.7 Å². The molecule has 0 spiro atoms. The van der Waals surface area contributed by atoms with Crippen molar-refractivity contribution in [3.63, 3.8) is 0 Å². The van der Waals surface area contributed by atoms with E-state index >= 15 is 0 Å². The van der Waals surface area contributed by atoms with E-state index in [-0.39, 0.29) is 31.9 Å². The number of ether oxygens (including phenoxy) is 1. The van der Waals surface area contributed by atoms with Crippen molar-refractivity contribution in [3.8, 4) is 23.6 Å². The van der Waals surface area contributed by atoms with Crippen molar-refractivity contribution in [3.05, 3.63) is 68.7 Å². The van der Waals surface area contributed by atoms with Crippen LogP contribution in [0.25, 0.3) is 21.8 Å². The molecule has 0 bridgehead atoms. The van der Waals surface area contributed by atoms with Gasteiger partial charge < -0.3 is 9.30 Å². The highest BCUT2D eigenvalue weighted by Crippen LogP contribution is 2.47. The van der Waals surface area contributed by atoms with Crippen molar-refractivity contribution in [2.24, 2.45) is 5.92 Å². The molecule has 0 fully saturated rings. The molecule has 0 saturated heterocycles. The van der Waals surface area contributed by atoms with E-state index in [1.807, 2.05) is 36.4 Å². The maximum atomic E-state index is 9.58. The predicted octanol–water partition coefficient (Wildman–Crippen LogP) is 9.51. The van der Waals surface area contributed by atoms with Crippen LogP contribution in [-0.4, -0.2) is 4.57 Å². The predicted molar refractivity (Wildman–Crippen MR) is 144 cm³/mol. The zero-order valence-electron chi connectivity index (χ0n) is 19.5. The molecule has 1 unspecified atom stereocenters. The van der Waals surface area contributed by atoms with Crippen molar-refractivity contribution in [2.75, 3.05) is 0 Å². The number of halogens is 3. The van der Waals surface area contributed by atoms with Gasteiger partial charge in [-0.2, -0.15) is 10.5 Å². The van der Waals surface area contributed by atoms with E-state index in [1.165, 1.54) is 19.3 Å². The number of unbranched alkanes of at least 4 members (excludes halogenated alkanes) is 1. The largest absolute Gasteiger partial charge is 0.453 e. The highest BCUT2D eigenvalue weighted by molar-refractivity contribution is 6.46. The molecule has 1 aromatic heterocycles. The monoisotopic (exact) mass is 523 g/mol. The summed E-state index contributed by atoms with van der Waals surface area (Å²) in [5.41, 5.74) is 2.05. The second kappa shape index (κ2) is 10.8. The quantitative estimate of drug-likeness (QED) is 0.216. The molecular formula is C28H24Cl3N3O. The Morgan fingerprint density at radius 1 is 0.886 bits per heavy atom. The molecule has 0 N–H and O–H groups in total. The summed E-state index contributed by atoms with van der Waals surface area (Å²) >= 11 is 19.3. The van der Waals surface area contributed by atoms with Gasteiger partial charge in [-0.05, 0) is 30.5 Å². The molecule has 178 valence electrons. The van der Waals surface area contributed by atoms with Gasteiger partial charge in [0.1, 0.15) is 27.9 Å². The fourth-order valence-electron chi connectivity index (χ4n) is 4.57. The van der Waals surface area contributed by atoms with E-state index in [9.17, 15) is 10.5 Å². The van der Waals surface area contributed by atoms with Crippen LogP contribution in [0.3, 0.4) is 0 Å². The molecular weight excluding hydrogens is 501 g/mol. The smallest absolute Gasteiger partial charge is 0.167 e. The number of fused-ring (bicyclic) bond motifs is 3. The van der Waals surface area contributed by atoms with E-state index in [0.717, 1.165) is 34.8 Å². The standard InChI is InChI=1S/C28H24Cl3N3O/c1-3-5-9-17(4-2)16-34-21-11-7-6-10-18(21)24-22(34)12-8-13-23(24)35-28-26(30)20(15-33)19(14-32)25(29)27(28)31/h6-8,10-13,17H,3-5,9,16H2,1-2H3. The van der Waals surface area contributed by atoms with E-state index in [0.29, 0.717) is 11.7 Å². The van der Waals surface area contributed by atoms with Crippen molar-refractivity contribution in [1.82, 2.24) is 4.57 Å². The van der Waals surface area contributed by atoms with Gasteiger partial charge in [0, 0.05) is 17.4 Å². The zero-order valence-corrected chi connectivity index (χ0v) is 21.8. The Hall–Kier alpha value is -2.89. The number of para-hydroxylation sites is 1. The summed E-state index contributed by atoms with van der Waals surface area (Å²) in [5.74, 6) is 1.18. The van der Waals surface area contributed by atoms with Crippen LogP contribution in [0.2, 0.25) is 15.1 Å². The summed E-state index contributed by atoms with van der Waals surface area (Å²) in [5, 5.41) is 20.9. The van der Waals surface area contributed by atoms with Gasteiger partial charge in [0.15, 0.2) is 5.75 Å². The Balaban J connectivity index is 1.90. The summed E-state index contributed by atoms with van der Waals surface area (Å²) < 4.78 is 8.63. The third-order valence-corrected chi connectivity index (χ3v) is 7.66. The Morgan fingerprint density at radius 3 is 2.26 bits per heavy atom. The second-order valence-corrected chi connectivity index (χ2v) is 9.68. The number of hydrogen-bond acceptors (Lipinski definition) is 3. The lowest BCUT2D eigenvalue weighted by molar-refractivity contribution is 0.401. The van der Waals surface area contributed by atoms with E-state index in [2.05, 4.69) is 36.6 Å². The molecule has 4 rings (SSSR count). The normalized spacial score (nSPS) is 12.0. The molecule has 3 aromatic carbocycles. The van der Waals surface area contributed by atoms with Crippen molar-refractivity contribution < 1.29 is 4.74 Å². The third-order valence-electron chi connectivity index (χ3n) is 6.46. The van der Waals surface area contributed by atoms with Crippen LogP contribution in [-0.2, 0) is 6.54 Å². The molecule has 4 nitrogen and oxygen atoms in total. The van der Waals surface area contributed by atoms with Gasteiger partial charge in [-0.15, -0.1) is 0 Å². The van der Waals surface area contributed by atoms with Crippen molar-refractivity contribution in [2.45, 2.75) is 46.1 Å². The van der Waals surface area contributed by atoms with E-state index in [4.69, 9.17) is 39.5 Å². The number of rotatable bonds is 8. The van der Waals surface area contributed by atoms with Crippen LogP contribution in [0.15, 0.2) is 42.5 Å². The molecule has 0 aliphatic carbocycles. The first-order valence-corrected chi connectivity index (χ1v) is 12.8. The average molecular weight is 525 g/mol. The third kappa shape index (κ3) is 4.55. The lowest BCUT2D eigenvalue weighted by Crippen LogP contribution is -2.10. The van der Waals surface area contributed by atoms with Gasteiger partial charge in [-0.1, -0.05) is 92.2 Å². The van der Waals surface area contributed by atoms with Gasteiger partial charge in [-0.25, -0.2) is 0 Å². The Bertz CT molecular complexity index is 1490. The lowest BCUT2D eigenvalue weighted by Gasteiger charge is -2.17. The molecule has 4 aromatic rings. The molecule has 0 saturated carbocycles. The number of hydrogen-bond donors (Lipinski definition) is 0. The first-order chi connectivity index (χ1) is 17.0. The van der Waals surface area contributed by atoms with E-state index in [1.54, 1.807) is 0 Å². The molecule has 0 aliphatic rings. The lowest BCUT2D eigenvalue weighted by atomic mass is 9.99. The molecule has 0 aliphatic heterocycles. The summed E-state index contributed by atoms with van der Waals surface area (Å²) in [4.78, 5) is 0. The number of nitriles is 2. The summed E-state index contributed by atoms with van der Waals surface area (Å²) in [6, 6.07) is 17.9. The summed E-state index contributed by atoms with van der Waals surface area (Å²) in [6.07, 6.45) is 4.68. The average Bonchev–Trinajstić information content (AvgIpc) is 3.20. The Morgan fingerprint density at radius 2 is 1.57 bits per heavy atom. The highest BCUT2D eigenvalue weighted by atomic mass is 35.5. The fraction of sp³-hybridized carbons (Fsp3) is 0.286. The van der Waals surface area contributed by atoms with Crippen LogP contribution >= 0.6 is 34.8 Å². The summed E-state index contributed by atoms with van der Waals surface area (Å²) in [7, 11) is 0. The summed E-state index contributed by atoms with van der Waals surface area (Å²) in [6.45, 7) is 5.38. The number of nitrogens with zero attached hydrogens (tertiary/aromatic N) is 3. The maximum absolute atomic E-state index is 9.58. The van der Waals surface area contributed by atoms with E-state index < -0.39 is 0 Å². The fourth-order valence-corrected chi connectivity index (χ4v) is 5.34. The Kier molecular flexibility index (Phi) is 7.78. The number of benzene rings is 3. The molecule has 1 heterocycles.